The van der Waals surface area contributed by atoms with Gasteiger partial charge in [0.15, 0.2) is 0 Å². The lowest BCUT2D eigenvalue weighted by Crippen LogP contribution is -2.37. The quantitative estimate of drug-likeness (QED) is 0.651. The van der Waals surface area contributed by atoms with Gasteiger partial charge in [-0.1, -0.05) is 18.2 Å². The van der Waals surface area contributed by atoms with Gasteiger partial charge >= 0.3 is 0 Å². The molecular formula is C14H23NO3. The number of rotatable bonds is 8. The molecule has 0 radical (unpaired) electrons. The van der Waals surface area contributed by atoms with E-state index in [1.807, 2.05) is 37.3 Å². The summed E-state index contributed by atoms with van der Waals surface area (Å²) in [4.78, 5) is 0. The molecule has 18 heavy (non-hydrogen) atoms. The van der Waals surface area contributed by atoms with Crippen LogP contribution in [0.4, 0.5) is 0 Å². The number of hydrogen-bond acceptors (Lipinski definition) is 4. The molecule has 1 aromatic rings. The summed E-state index contributed by atoms with van der Waals surface area (Å²) in [5, 5.41) is 22.1. The van der Waals surface area contributed by atoms with Gasteiger partial charge in [0.2, 0.25) is 0 Å². The molecule has 0 heterocycles. The molecule has 0 bridgehead atoms. The van der Waals surface area contributed by atoms with E-state index in [0.717, 1.165) is 5.75 Å². The van der Waals surface area contributed by atoms with Crippen molar-refractivity contribution in [2.24, 2.45) is 0 Å². The number of aliphatic hydroxyl groups is 2. The molecule has 0 aliphatic carbocycles. The van der Waals surface area contributed by atoms with Crippen molar-refractivity contribution in [2.75, 3.05) is 13.2 Å². The minimum Gasteiger partial charge on any atom is -0.491 e. The molecule has 3 unspecified atom stereocenters. The second kappa shape index (κ2) is 8.08. The molecule has 0 spiro atoms. The first-order valence-electron chi connectivity index (χ1n) is 6.35. The van der Waals surface area contributed by atoms with Crippen LogP contribution >= 0.6 is 0 Å². The van der Waals surface area contributed by atoms with Crippen molar-refractivity contribution in [1.82, 2.24) is 5.32 Å². The van der Waals surface area contributed by atoms with Gasteiger partial charge in [0, 0.05) is 12.6 Å². The van der Waals surface area contributed by atoms with Crippen LogP contribution in [0.25, 0.3) is 0 Å². The van der Waals surface area contributed by atoms with Crippen molar-refractivity contribution in [1.29, 1.82) is 0 Å². The molecule has 1 rings (SSSR count). The Morgan fingerprint density at radius 3 is 2.44 bits per heavy atom. The maximum absolute atomic E-state index is 9.74. The van der Waals surface area contributed by atoms with E-state index in [4.69, 9.17) is 4.74 Å². The minimum absolute atomic E-state index is 0.177. The Labute approximate surface area is 109 Å². The van der Waals surface area contributed by atoms with Crippen LogP contribution in [0.5, 0.6) is 5.75 Å². The van der Waals surface area contributed by atoms with E-state index in [-0.39, 0.29) is 18.8 Å². The lowest BCUT2D eigenvalue weighted by Gasteiger charge is -2.18. The van der Waals surface area contributed by atoms with Gasteiger partial charge in [-0.05, 0) is 32.4 Å². The summed E-state index contributed by atoms with van der Waals surface area (Å²) in [5.74, 6) is 0.758. The van der Waals surface area contributed by atoms with Gasteiger partial charge in [0.1, 0.15) is 18.5 Å². The first-order chi connectivity index (χ1) is 8.58. The van der Waals surface area contributed by atoms with Gasteiger partial charge in [0.25, 0.3) is 0 Å². The highest BCUT2D eigenvalue weighted by molar-refractivity contribution is 5.20. The summed E-state index contributed by atoms with van der Waals surface area (Å²) < 4.78 is 5.44. The van der Waals surface area contributed by atoms with Crippen molar-refractivity contribution in [3.63, 3.8) is 0 Å². The fourth-order valence-electron chi connectivity index (χ4n) is 1.70. The Morgan fingerprint density at radius 2 is 1.83 bits per heavy atom. The number of ether oxygens (including phenoxy) is 1. The summed E-state index contributed by atoms with van der Waals surface area (Å²) in [6.45, 7) is 4.46. The molecule has 0 aliphatic heterocycles. The maximum atomic E-state index is 9.74. The molecule has 0 fully saturated rings. The van der Waals surface area contributed by atoms with Crippen LogP contribution in [0.15, 0.2) is 30.3 Å². The Hall–Kier alpha value is -1.10. The van der Waals surface area contributed by atoms with Crippen molar-refractivity contribution in [2.45, 2.75) is 38.5 Å². The molecule has 1 aromatic carbocycles. The fourth-order valence-corrected chi connectivity index (χ4v) is 1.70. The third kappa shape index (κ3) is 6.59. The van der Waals surface area contributed by atoms with Gasteiger partial charge in [-0.25, -0.2) is 0 Å². The summed E-state index contributed by atoms with van der Waals surface area (Å²) >= 11 is 0. The number of hydrogen-bond donors (Lipinski definition) is 3. The van der Waals surface area contributed by atoms with Crippen LogP contribution < -0.4 is 10.1 Å². The van der Waals surface area contributed by atoms with Crippen LogP contribution in [-0.4, -0.2) is 41.6 Å². The zero-order valence-electron chi connectivity index (χ0n) is 11.0. The Kier molecular flexibility index (Phi) is 6.72. The molecule has 0 saturated heterocycles. The molecule has 0 aliphatic rings. The van der Waals surface area contributed by atoms with Gasteiger partial charge < -0.3 is 20.3 Å². The molecule has 0 amide bonds. The maximum Gasteiger partial charge on any atom is 0.119 e. The molecule has 4 nitrogen and oxygen atoms in total. The number of benzene rings is 1. The molecule has 3 atom stereocenters. The van der Waals surface area contributed by atoms with E-state index in [0.29, 0.717) is 13.0 Å². The molecule has 4 heteroatoms. The first-order valence-corrected chi connectivity index (χ1v) is 6.35. The standard InChI is InChI=1S/C14H23NO3/c1-11(8-12(2)16)15-9-13(17)10-18-14-6-4-3-5-7-14/h3-7,11-13,15-17H,8-10H2,1-2H3. The number of para-hydroxylation sites is 1. The van der Waals surface area contributed by atoms with E-state index in [1.54, 1.807) is 6.92 Å². The van der Waals surface area contributed by atoms with Gasteiger partial charge in [-0.2, -0.15) is 0 Å². The lowest BCUT2D eigenvalue weighted by atomic mass is 10.1. The Morgan fingerprint density at radius 1 is 1.17 bits per heavy atom. The van der Waals surface area contributed by atoms with E-state index in [2.05, 4.69) is 5.32 Å². The molecule has 0 aromatic heterocycles. The third-order valence-corrected chi connectivity index (χ3v) is 2.58. The zero-order valence-corrected chi connectivity index (χ0v) is 11.0. The fraction of sp³-hybridized carbons (Fsp3) is 0.571. The van der Waals surface area contributed by atoms with Crippen LogP contribution in [-0.2, 0) is 0 Å². The summed E-state index contributed by atoms with van der Waals surface area (Å²) in [6.07, 6.45) is -0.210. The monoisotopic (exact) mass is 253 g/mol. The van der Waals surface area contributed by atoms with Crippen molar-refractivity contribution >= 4 is 0 Å². The van der Waals surface area contributed by atoms with Gasteiger partial charge in [-0.15, -0.1) is 0 Å². The topological polar surface area (TPSA) is 61.7 Å². The predicted molar refractivity (Wildman–Crippen MR) is 71.7 cm³/mol. The van der Waals surface area contributed by atoms with Crippen molar-refractivity contribution in [3.05, 3.63) is 30.3 Å². The Balaban J connectivity index is 2.16. The molecular weight excluding hydrogens is 230 g/mol. The van der Waals surface area contributed by atoms with E-state index in [1.165, 1.54) is 0 Å². The second-order valence-corrected chi connectivity index (χ2v) is 4.67. The van der Waals surface area contributed by atoms with Crippen LogP contribution in [0.1, 0.15) is 20.3 Å². The minimum atomic E-state index is -0.554. The SMILES string of the molecule is CC(O)CC(C)NCC(O)COc1ccccc1. The highest BCUT2D eigenvalue weighted by atomic mass is 16.5. The van der Waals surface area contributed by atoms with Gasteiger partial charge in [0.05, 0.1) is 6.10 Å². The Bertz CT molecular complexity index is 316. The number of aliphatic hydroxyl groups excluding tert-OH is 2. The summed E-state index contributed by atoms with van der Waals surface area (Å²) in [5.41, 5.74) is 0. The van der Waals surface area contributed by atoms with E-state index in [9.17, 15) is 10.2 Å². The molecule has 0 saturated carbocycles. The predicted octanol–water partition coefficient (Wildman–Crippen LogP) is 1.18. The average Bonchev–Trinajstić information content (AvgIpc) is 2.34. The van der Waals surface area contributed by atoms with Gasteiger partial charge in [-0.3, -0.25) is 0 Å². The summed E-state index contributed by atoms with van der Waals surface area (Å²) in [6, 6.07) is 9.60. The normalized spacial score (nSPS) is 16.0. The first kappa shape index (κ1) is 15.0. The van der Waals surface area contributed by atoms with Crippen LogP contribution in [0, 0.1) is 0 Å². The second-order valence-electron chi connectivity index (χ2n) is 4.67. The molecule has 102 valence electrons. The lowest BCUT2D eigenvalue weighted by molar-refractivity contribution is 0.100. The number of nitrogens with one attached hydrogen (secondary N) is 1. The van der Waals surface area contributed by atoms with Crippen molar-refractivity contribution in [3.8, 4) is 5.75 Å². The third-order valence-electron chi connectivity index (χ3n) is 2.58. The van der Waals surface area contributed by atoms with Crippen LogP contribution in [0.2, 0.25) is 0 Å². The highest BCUT2D eigenvalue weighted by Gasteiger charge is 2.09. The smallest absolute Gasteiger partial charge is 0.119 e. The van der Waals surface area contributed by atoms with E-state index < -0.39 is 6.10 Å². The van der Waals surface area contributed by atoms with Crippen molar-refractivity contribution < 1.29 is 14.9 Å². The average molecular weight is 253 g/mol. The molecule has 3 N–H and O–H groups in total. The highest BCUT2D eigenvalue weighted by Crippen LogP contribution is 2.08. The van der Waals surface area contributed by atoms with E-state index >= 15 is 0 Å². The van der Waals surface area contributed by atoms with Crippen LogP contribution in [0.3, 0.4) is 0 Å². The zero-order chi connectivity index (χ0) is 13.4. The summed E-state index contributed by atoms with van der Waals surface area (Å²) in [7, 11) is 0. The largest absolute Gasteiger partial charge is 0.491 e.